The van der Waals surface area contributed by atoms with Crippen molar-refractivity contribution in [3.63, 3.8) is 0 Å². The molecule has 0 aliphatic carbocycles. The minimum absolute atomic E-state index is 0.00688. The van der Waals surface area contributed by atoms with Gasteiger partial charge in [0, 0.05) is 44.2 Å². The lowest BCUT2D eigenvalue weighted by atomic mass is 9.89. The highest BCUT2D eigenvalue weighted by Gasteiger charge is 2.34. The minimum atomic E-state index is -4.04. The molecule has 0 radical (unpaired) electrons. The molecule has 1 aromatic heterocycles. The Kier molecular flexibility index (Phi) is 7.86. The number of fused-ring (bicyclic) bond motifs is 1. The monoisotopic (exact) mass is 617 g/mol. The zero-order valence-electron chi connectivity index (χ0n) is 23.1. The van der Waals surface area contributed by atoms with Gasteiger partial charge < -0.3 is 9.73 Å². The lowest BCUT2D eigenvalue weighted by Crippen LogP contribution is -2.39. The second-order valence-electron chi connectivity index (χ2n) is 10.2. The van der Waals surface area contributed by atoms with Crippen LogP contribution in [0.25, 0.3) is 22.3 Å². The van der Waals surface area contributed by atoms with E-state index in [-0.39, 0.29) is 40.6 Å². The van der Waals surface area contributed by atoms with Crippen LogP contribution in [0.1, 0.15) is 34.7 Å². The van der Waals surface area contributed by atoms with Gasteiger partial charge in [-0.05, 0) is 72.9 Å². The highest BCUT2D eigenvalue weighted by molar-refractivity contribution is 7.92. The number of furan rings is 1. The van der Waals surface area contributed by atoms with Gasteiger partial charge in [-0.1, -0.05) is 6.07 Å². The van der Waals surface area contributed by atoms with Crippen molar-refractivity contribution in [2.45, 2.75) is 23.7 Å². The molecular weight excluding hydrogens is 588 g/mol. The molecule has 1 fully saturated rings. The quantitative estimate of drug-likeness (QED) is 0.321. The Bertz CT molecular complexity index is 1890. The number of rotatable bonds is 7. The summed E-state index contributed by atoms with van der Waals surface area (Å²) >= 11 is 0. The average Bonchev–Trinajstić information content (AvgIpc) is 3.34. The van der Waals surface area contributed by atoms with Gasteiger partial charge in [0.1, 0.15) is 23.0 Å². The third-order valence-electron chi connectivity index (χ3n) is 7.49. The Morgan fingerprint density at radius 1 is 1.02 bits per heavy atom. The molecule has 1 atom stereocenters. The molecule has 1 amide bonds. The molecule has 0 bridgehead atoms. The summed E-state index contributed by atoms with van der Waals surface area (Å²) in [6.45, 7) is 0.214. The normalized spacial score (nSPS) is 16.5. The zero-order valence-corrected chi connectivity index (χ0v) is 24.7. The fraction of sp³-hybridized carbons (Fsp3) is 0.276. The van der Waals surface area contributed by atoms with E-state index in [4.69, 9.17) is 4.42 Å². The second kappa shape index (κ2) is 11.1. The number of halogens is 2. The summed E-state index contributed by atoms with van der Waals surface area (Å²) in [5.41, 5.74) is 1.61. The second-order valence-corrected chi connectivity index (χ2v) is 14.1. The number of anilines is 1. The van der Waals surface area contributed by atoms with Crippen molar-refractivity contribution in [3.05, 3.63) is 83.4 Å². The maximum absolute atomic E-state index is 13.9. The van der Waals surface area contributed by atoms with Gasteiger partial charge >= 0.3 is 0 Å². The van der Waals surface area contributed by atoms with Crippen molar-refractivity contribution in [1.29, 1.82) is 0 Å². The molecule has 4 aromatic rings. The van der Waals surface area contributed by atoms with Gasteiger partial charge in [0.05, 0.1) is 22.4 Å². The third-order valence-corrected chi connectivity index (χ3v) is 10.5. The van der Waals surface area contributed by atoms with Gasteiger partial charge in [0.2, 0.25) is 20.0 Å². The third kappa shape index (κ3) is 5.51. The molecule has 1 saturated heterocycles. The maximum Gasteiger partial charge on any atom is 0.255 e. The standard InChI is InChI=1S/C29H29F2N3O6S2/c1-32-29(35)27-24-15-23(19-6-5-13-34(17-19)42(38,39)22-8-4-7-21(31)14-22)25(33(2)41(3,36)37)16-26(24)40-28(27)18-9-11-20(30)12-10-18/h4,7-12,14-16,19H,5-6,13,17H2,1-3H3,(H,32,35)/t19-/m0/s1. The smallest absolute Gasteiger partial charge is 0.255 e. The van der Waals surface area contributed by atoms with Crippen LogP contribution in [0.15, 0.2) is 70.0 Å². The average molecular weight is 618 g/mol. The van der Waals surface area contributed by atoms with Gasteiger partial charge in [-0.3, -0.25) is 9.10 Å². The summed E-state index contributed by atoms with van der Waals surface area (Å²) in [6, 6.07) is 13.4. The topological polar surface area (TPSA) is 117 Å². The number of piperidine rings is 1. The lowest BCUT2D eigenvalue weighted by molar-refractivity contribution is 0.0964. The Hall–Kier alpha value is -3.81. The highest BCUT2D eigenvalue weighted by Crippen LogP contribution is 2.42. The number of sulfonamides is 2. The molecule has 13 heteroatoms. The molecule has 42 heavy (non-hydrogen) atoms. The van der Waals surface area contributed by atoms with Crippen LogP contribution >= 0.6 is 0 Å². The molecular formula is C29H29F2N3O6S2. The van der Waals surface area contributed by atoms with Gasteiger partial charge in [-0.25, -0.2) is 25.6 Å². The van der Waals surface area contributed by atoms with Crippen molar-refractivity contribution >= 4 is 42.6 Å². The Morgan fingerprint density at radius 3 is 2.38 bits per heavy atom. The fourth-order valence-electron chi connectivity index (χ4n) is 5.27. The largest absolute Gasteiger partial charge is 0.455 e. The molecule has 1 aliphatic rings. The molecule has 222 valence electrons. The van der Waals surface area contributed by atoms with Gasteiger partial charge in [-0.15, -0.1) is 0 Å². The fourth-order valence-corrected chi connectivity index (χ4v) is 7.34. The summed E-state index contributed by atoms with van der Waals surface area (Å²) in [6.07, 6.45) is 2.04. The molecule has 0 spiro atoms. The molecule has 2 heterocycles. The van der Waals surface area contributed by atoms with E-state index in [9.17, 15) is 30.4 Å². The van der Waals surface area contributed by atoms with Crippen molar-refractivity contribution < 1.29 is 34.8 Å². The SMILES string of the molecule is CNC(=O)c1c(-c2ccc(F)cc2)oc2cc(N(C)S(C)(=O)=O)c([C@H]3CCCN(S(=O)(=O)c4cccc(F)c4)C3)cc12. The first kappa shape index (κ1) is 29.7. The first-order chi connectivity index (χ1) is 19.8. The van der Waals surface area contributed by atoms with Crippen LogP contribution in [0.4, 0.5) is 14.5 Å². The van der Waals surface area contributed by atoms with Crippen LogP contribution in [0.2, 0.25) is 0 Å². The number of nitrogens with one attached hydrogen (secondary N) is 1. The van der Waals surface area contributed by atoms with Crippen molar-refractivity contribution in [1.82, 2.24) is 9.62 Å². The highest BCUT2D eigenvalue weighted by atomic mass is 32.2. The maximum atomic E-state index is 13.9. The predicted octanol–water partition coefficient (Wildman–Crippen LogP) is 4.70. The number of amides is 1. The van der Waals surface area contributed by atoms with E-state index in [1.54, 1.807) is 6.07 Å². The van der Waals surface area contributed by atoms with E-state index in [1.165, 1.54) is 60.9 Å². The molecule has 0 saturated carbocycles. The Labute approximate surface area is 242 Å². The van der Waals surface area contributed by atoms with Gasteiger partial charge in [0.25, 0.3) is 5.91 Å². The summed E-state index contributed by atoms with van der Waals surface area (Å²) in [5, 5.41) is 2.98. The van der Waals surface area contributed by atoms with E-state index in [1.807, 2.05) is 0 Å². The van der Waals surface area contributed by atoms with Crippen LogP contribution in [-0.4, -0.2) is 60.5 Å². The molecule has 9 nitrogen and oxygen atoms in total. The van der Waals surface area contributed by atoms with Crippen LogP contribution < -0.4 is 9.62 Å². The molecule has 1 aliphatic heterocycles. The predicted molar refractivity (Wildman–Crippen MR) is 155 cm³/mol. The van der Waals surface area contributed by atoms with Crippen molar-refractivity contribution in [3.8, 4) is 11.3 Å². The number of hydrogen-bond donors (Lipinski definition) is 1. The van der Waals surface area contributed by atoms with E-state index < -0.39 is 43.5 Å². The molecule has 0 unspecified atom stereocenters. The first-order valence-electron chi connectivity index (χ1n) is 13.1. The Balaban J connectivity index is 1.68. The molecule has 1 N–H and O–H groups in total. The molecule has 3 aromatic carbocycles. The van der Waals surface area contributed by atoms with Crippen molar-refractivity contribution in [2.75, 3.05) is 37.7 Å². The minimum Gasteiger partial charge on any atom is -0.455 e. The van der Waals surface area contributed by atoms with Crippen LogP contribution in [0, 0.1) is 11.6 Å². The van der Waals surface area contributed by atoms with Crippen LogP contribution in [0.3, 0.4) is 0 Å². The van der Waals surface area contributed by atoms with E-state index in [0.29, 0.717) is 29.4 Å². The van der Waals surface area contributed by atoms with Gasteiger partial charge in [0.15, 0.2) is 0 Å². The number of benzene rings is 3. The number of hydrogen-bond acceptors (Lipinski definition) is 6. The van der Waals surface area contributed by atoms with E-state index in [2.05, 4.69) is 5.32 Å². The first-order valence-corrected chi connectivity index (χ1v) is 16.4. The van der Waals surface area contributed by atoms with Crippen LogP contribution in [0.5, 0.6) is 0 Å². The Morgan fingerprint density at radius 2 is 1.74 bits per heavy atom. The summed E-state index contributed by atoms with van der Waals surface area (Å²) < 4.78 is 88.2. The van der Waals surface area contributed by atoms with E-state index >= 15 is 0 Å². The summed E-state index contributed by atoms with van der Waals surface area (Å²) in [7, 11) is -4.96. The number of carbonyl (C=O) groups excluding carboxylic acids is 1. The van der Waals surface area contributed by atoms with E-state index in [0.717, 1.165) is 22.7 Å². The summed E-state index contributed by atoms with van der Waals surface area (Å²) in [5.74, 6) is -1.90. The molecule has 5 rings (SSSR count). The number of nitrogens with zero attached hydrogens (tertiary/aromatic N) is 2. The van der Waals surface area contributed by atoms with Crippen molar-refractivity contribution in [2.24, 2.45) is 0 Å². The summed E-state index contributed by atoms with van der Waals surface area (Å²) in [4.78, 5) is 12.9. The van der Waals surface area contributed by atoms with Gasteiger partial charge in [-0.2, -0.15) is 4.31 Å². The van der Waals surface area contributed by atoms with Crippen LogP contribution in [-0.2, 0) is 20.0 Å². The zero-order chi connectivity index (χ0) is 30.4. The lowest BCUT2D eigenvalue weighted by Gasteiger charge is -2.34. The number of carbonyl (C=O) groups is 1.